The van der Waals surface area contributed by atoms with E-state index in [1.54, 1.807) is 7.05 Å². The number of pyridine rings is 1. The monoisotopic (exact) mass is 389 g/mol. The average molecular weight is 390 g/mol. The molecule has 0 aromatic carbocycles. The van der Waals surface area contributed by atoms with Crippen LogP contribution in [0.15, 0.2) is 23.3 Å². The number of anilines is 1. The molecule has 1 aromatic heterocycles. The maximum absolute atomic E-state index is 11.9. The zero-order chi connectivity index (χ0) is 20.6. The third kappa shape index (κ3) is 7.34. The minimum atomic E-state index is -0.244. The van der Waals surface area contributed by atoms with Crippen LogP contribution in [0.3, 0.4) is 0 Å². The lowest BCUT2D eigenvalue weighted by Gasteiger charge is -2.34. The number of likely N-dealkylation sites (N-methyl/N-ethyl adjacent to an activating group) is 1. The molecule has 28 heavy (non-hydrogen) atoms. The van der Waals surface area contributed by atoms with Gasteiger partial charge in [0.2, 0.25) is 5.91 Å². The molecular weight excluding hydrogens is 354 g/mol. The van der Waals surface area contributed by atoms with Gasteiger partial charge in [-0.2, -0.15) is 0 Å². The van der Waals surface area contributed by atoms with E-state index in [1.165, 1.54) is 0 Å². The van der Waals surface area contributed by atoms with Crippen LogP contribution in [-0.2, 0) is 11.3 Å². The van der Waals surface area contributed by atoms with E-state index < -0.39 is 0 Å². The number of carbonyl (C=O) groups excluding carboxylic acids is 1. The van der Waals surface area contributed by atoms with Crippen LogP contribution in [-0.4, -0.2) is 73.6 Å². The Labute approximate surface area is 168 Å². The van der Waals surface area contributed by atoms with E-state index in [2.05, 4.69) is 48.7 Å². The highest BCUT2D eigenvalue weighted by atomic mass is 16.2. The van der Waals surface area contributed by atoms with Crippen molar-refractivity contribution in [3.8, 4) is 0 Å². The van der Waals surface area contributed by atoms with Crippen molar-refractivity contribution < 1.29 is 4.79 Å². The zero-order valence-electron chi connectivity index (χ0n) is 17.9. The Morgan fingerprint density at radius 3 is 2.54 bits per heavy atom. The van der Waals surface area contributed by atoms with Crippen LogP contribution in [0.2, 0.25) is 0 Å². The number of rotatable bonds is 6. The molecule has 0 radical (unpaired) electrons. The molecule has 3 N–H and O–H groups in total. The van der Waals surface area contributed by atoms with Gasteiger partial charge in [0.05, 0.1) is 6.54 Å². The predicted molar refractivity (Wildman–Crippen MR) is 115 cm³/mol. The Bertz CT molecular complexity index is 661. The van der Waals surface area contributed by atoms with Crippen LogP contribution in [0, 0.1) is 0 Å². The number of hydrogen-bond donors (Lipinski definition) is 3. The van der Waals surface area contributed by atoms with Gasteiger partial charge in [-0.1, -0.05) is 6.92 Å². The number of aromatic nitrogens is 1. The van der Waals surface area contributed by atoms with E-state index in [-0.39, 0.29) is 18.0 Å². The van der Waals surface area contributed by atoms with Crippen molar-refractivity contribution in [3.63, 3.8) is 0 Å². The highest BCUT2D eigenvalue weighted by Crippen LogP contribution is 2.15. The highest BCUT2D eigenvalue weighted by Gasteiger charge is 2.17. The summed E-state index contributed by atoms with van der Waals surface area (Å²) in [5, 5.41) is 9.22. The SMILES string of the molecule is CCN1CCN(c2cc(CNC(=NC)NCC(=O)NC(C)(C)C)ccn2)CC1. The molecule has 0 spiro atoms. The molecule has 8 heteroatoms. The second kappa shape index (κ2) is 10.3. The standard InChI is InChI=1S/C20H35N7O/c1-6-26-9-11-27(12-10-26)17-13-16(7-8-22-17)14-23-19(21-5)24-15-18(28)25-20(2,3)4/h7-8,13H,6,9-12,14-15H2,1-5H3,(H,25,28)(H2,21,23,24). The van der Waals surface area contributed by atoms with Crippen LogP contribution in [0.1, 0.15) is 33.3 Å². The molecule has 1 aliphatic heterocycles. The molecule has 0 atom stereocenters. The van der Waals surface area contributed by atoms with Gasteiger partial charge < -0.3 is 25.8 Å². The van der Waals surface area contributed by atoms with E-state index in [0.29, 0.717) is 12.5 Å². The molecule has 0 aliphatic carbocycles. The van der Waals surface area contributed by atoms with Crippen molar-refractivity contribution in [2.45, 2.75) is 39.8 Å². The topological polar surface area (TPSA) is 84.9 Å². The fourth-order valence-corrected chi connectivity index (χ4v) is 3.07. The van der Waals surface area contributed by atoms with E-state index in [4.69, 9.17) is 0 Å². The van der Waals surface area contributed by atoms with E-state index in [9.17, 15) is 4.79 Å². The first-order valence-corrected chi connectivity index (χ1v) is 9.98. The molecule has 0 bridgehead atoms. The minimum Gasteiger partial charge on any atom is -0.354 e. The Kier molecular flexibility index (Phi) is 8.04. The Morgan fingerprint density at radius 1 is 1.21 bits per heavy atom. The minimum absolute atomic E-state index is 0.0622. The molecule has 1 aliphatic rings. The number of nitrogens with one attached hydrogen (secondary N) is 3. The molecule has 1 aromatic rings. The average Bonchev–Trinajstić information content (AvgIpc) is 2.67. The number of hydrogen-bond acceptors (Lipinski definition) is 5. The molecule has 2 heterocycles. The van der Waals surface area contributed by atoms with E-state index in [0.717, 1.165) is 44.1 Å². The molecule has 0 saturated carbocycles. The number of piperazine rings is 1. The summed E-state index contributed by atoms with van der Waals surface area (Å²) in [4.78, 5) is 25.4. The van der Waals surface area contributed by atoms with Gasteiger partial charge >= 0.3 is 0 Å². The van der Waals surface area contributed by atoms with Crippen LogP contribution in [0.25, 0.3) is 0 Å². The summed E-state index contributed by atoms with van der Waals surface area (Å²) in [6.07, 6.45) is 1.85. The van der Waals surface area contributed by atoms with Crippen molar-refractivity contribution in [1.29, 1.82) is 0 Å². The fourth-order valence-electron chi connectivity index (χ4n) is 3.07. The van der Waals surface area contributed by atoms with Crippen molar-refractivity contribution in [1.82, 2.24) is 25.8 Å². The summed E-state index contributed by atoms with van der Waals surface area (Å²) >= 11 is 0. The fraction of sp³-hybridized carbons (Fsp3) is 0.650. The van der Waals surface area contributed by atoms with Gasteiger partial charge in [-0.15, -0.1) is 0 Å². The molecule has 2 rings (SSSR count). The lowest BCUT2D eigenvalue weighted by molar-refractivity contribution is -0.121. The zero-order valence-corrected chi connectivity index (χ0v) is 17.9. The largest absolute Gasteiger partial charge is 0.354 e. The number of guanidine groups is 1. The van der Waals surface area contributed by atoms with Gasteiger partial charge in [-0.05, 0) is 45.0 Å². The summed E-state index contributed by atoms with van der Waals surface area (Å²) < 4.78 is 0. The number of nitrogens with zero attached hydrogens (tertiary/aromatic N) is 4. The van der Waals surface area contributed by atoms with E-state index in [1.807, 2.05) is 33.0 Å². The smallest absolute Gasteiger partial charge is 0.239 e. The van der Waals surface area contributed by atoms with Crippen LogP contribution < -0.4 is 20.9 Å². The number of amides is 1. The van der Waals surface area contributed by atoms with Gasteiger partial charge in [0.25, 0.3) is 0 Å². The van der Waals surface area contributed by atoms with Crippen LogP contribution in [0.4, 0.5) is 5.82 Å². The molecule has 1 fully saturated rings. The van der Waals surface area contributed by atoms with Crippen molar-refractivity contribution in [3.05, 3.63) is 23.9 Å². The maximum atomic E-state index is 11.9. The van der Waals surface area contributed by atoms with Crippen molar-refractivity contribution in [2.24, 2.45) is 4.99 Å². The lowest BCUT2D eigenvalue weighted by Crippen LogP contribution is -2.48. The van der Waals surface area contributed by atoms with Crippen molar-refractivity contribution >= 4 is 17.7 Å². The molecule has 156 valence electrons. The first-order valence-electron chi connectivity index (χ1n) is 9.98. The second-order valence-electron chi connectivity index (χ2n) is 8.02. The summed E-state index contributed by atoms with van der Waals surface area (Å²) in [6, 6.07) is 4.12. The summed E-state index contributed by atoms with van der Waals surface area (Å²) in [7, 11) is 1.70. The van der Waals surface area contributed by atoms with Crippen molar-refractivity contribution in [2.75, 3.05) is 51.2 Å². The Balaban J connectivity index is 1.83. The van der Waals surface area contributed by atoms with Gasteiger partial charge in [-0.25, -0.2) is 4.98 Å². The van der Waals surface area contributed by atoms with Gasteiger partial charge in [0.15, 0.2) is 5.96 Å². The highest BCUT2D eigenvalue weighted by molar-refractivity contribution is 5.86. The summed E-state index contributed by atoms with van der Waals surface area (Å²) in [6.45, 7) is 14.1. The number of carbonyl (C=O) groups is 1. The third-order valence-corrected chi connectivity index (χ3v) is 4.57. The van der Waals surface area contributed by atoms with E-state index >= 15 is 0 Å². The maximum Gasteiger partial charge on any atom is 0.239 e. The quantitative estimate of drug-likeness (QED) is 0.493. The molecular formula is C20H35N7O. The normalized spacial score (nSPS) is 16.0. The summed E-state index contributed by atoms with van der Waals surface area (Å²) in [5.41, 5.74) is 0.885. The van der Waals surface area contributed by atoms with Crippen LogP contribution in [0.5, 0.6) is 0 Å². The second-order valence-corrected chi connectivity index (χ2v) is 8.02. The first-order chi connectivity index (χ1) is 13.3. The predicted octanol–water partition coefficient (Wildman–Crippen LogP) is 0.803. The van der Waals surface area contributed by atoms with Gasteiger partial charge in [-0.3, -0.25) is 9.79 Å². The molecule has 1 saturated heterocycles. The lowest BCUT2D eigenvalue weighted by atomic mass is 10.1. The first kappa shape index (κ1) is 21.9. The van der Waals surface area contributed by atoms with Gasteiger partial charge in [0.1, 0.15) is 5.82 Å². The van der Waals surface area contributed by atoms with Crippen LogP contribution >= 0.6 is 0 Å². The third-order valence-electron chi connectivity index (χ3n) is 4.57. The number of aliphatic imine (C=N–C) groups is 1. The molecule has 1 amide bonds. The Hall–Kier alpha value is -2.35. The van der Waals surface area contributed by atoms with Gasteiger partial charge in [0, 0.05) is 51.5 Å². The molecule has 0 unspecified atom stereocenters. The summed E-state index contributed by atoms with van der Waals surface area (Å²) in [5.74, 6) is 1.55. The Morgan fingerprint density at radius 2 is 1.93 bits per heavy atom. The molecule has 8 nitrogen and oxygen atoms in total.